The largest absolute Gasteiger partial charge is 0.378 e. The first-order valence-electron chi connectivity index (χ1n) is 2.60. The maximum atomic E-state index is 10.6. The zero-order valence-corrected chi connectivity index (χ0v) is 6.90. The molecule has 1 N–H and O–H groups in total. The number of hydrogen-bond acceptors (Lipinski definition) is 3. The molecule has 1 heterocycles. The summed E-state index contributed by atoms with van der Waals surface area (Å²) in [6.45, 7) is 0.340. The smallest absolute Gasteiger partial charge is 0.371 e. The van der Waals surface area contributed by atoms with E-state index in [4.69, 9.17) is 4.74 Å². The standard InChI is InChI=1S/C5H6BrNO3/c1-9-2-3-4(6)5(8)10-7-3/h7H,2H2,1H3. The summed E-state index contributed by atoms with van der Waals surface area (Å²) in [5, 5.41) is 2.42. The number of ether oxygens (including phenoxy) is 1. The molecule has 5 heteroatoms. The van der Waals surface area contributed by atoms with Crippen LogP contribution >= 0.6 is 15.9 Å². The van der Waals surface area contributed by atoms with Crippen molar-refractivity contribution in [3.8, 4) is 0 Å². The van der Waals surface area contributed by atoms with E-state index in [0.29, 0.717) is 16.8 Å². The van der Waals surface area contributed by atoms with Gasteiger partial charge in [-0.05, 0) is 15.9 Å². The third-order valence-corrected chi connectivity index (χ3v) is 1.80. The Morgan fingerprint density at radius 1 is 1.80 bits per heavy atom. The van der Waals surface area contributed by atoms with Crippen molar-refractivity contribution in [3.05, 3.63) is 20.6 Å². The van der Waals surface area contributed by atoms with Gasteiger partial charge in [0.2, 0.25) is 0 Å². The minimum atomic E-state index is -0.410. The van der Waals surface area contributed by atoms with Crippen LogP contribution in [-0.4, -0.2) is 12.3 Å². The average Bonchev–Trinajstić information content (AvgIpc) is 2.20. The molecule has 0 aromatic carbocycles. The fraction of sp³-hybridized carbons (Fsp3) is 0.400. The van der Waals surface area contributed by atoms with Crippen LogP contribution in [0.3, 0.4) is 0 Å². The van der Waals surface area contributed by atoms with E-state index in [1.807, 2.05) is 0 Å². The van der Waals surface area contributed by atoms with Gasteiger partial charge in [0.15, 0.2) is 0 Å². The van der Waals surface area contributed by atoms with E-state index in [1.54, 1.807) is 0 Å². The van der Waals surface area contributed by atoms with Gasteiger partial charge in [-0.3, -0.25) is 0 Å². The molecule has 0 fully saturated rings. The molecule has 4 nitrogen and oxygen atoms in total. The van der Waals surface area contributed by atoms with E-state index < -0.39 is 5.63 Å². The highest BCUT2D eigenvalue weighted by Crippen LogP contribution is 2.09. The first-order chi connectivity index (χ1) is 4.75. The molecule has 10 heavy (non-hydrogen) atoms. The van der Waals surface area contributed by atoms with E-state index in [9.17, 15) is 4.79 Å². The van der Waals surface area contributed by atoms with Crippen LogP contribution in [0, 0.1) is 0 Å². The molecule has 0 saturated heterocycles. The summed E-state index contributed by atoms with van der Waals surface area (Å²) < 4.78 is 9.60. The summed E-state index contributed by atoms with van der Waals surface area (Å²) in [5.41, 5.74) is 0.208. The number of hydrogen-bond donors (Lipinski definition) is 1. The van der Waals surface area contributed by atoms with Gasteiger partial charge in [-0.2, -0.15) is 0 Å². The molecule has 1 aromatic heterocycles. The predicted molar refractivity (Wildman–Crippen MR) is 37.7 cm³/mol. The molecule has 1 rings (SSSR count). The molecular weight excluding hydrogens is 202 g/mol. The van der Waals surface area contributed by atoms with Gasteiger partial charge < -0.3 is 9.26 Å². The predicted octanol–water partition coefficient (Wildman–Crippen LogP) is 0.877. The normalized spacial score (nSPS) is 10.2. The lowest BCUT2D eigenvalue weighted by Crippen LogP contribution is -1.94. The molecule has 0 unspecified atom stereocenters. The van der Waals surface area contributed by atoms with Crippen LogP contribution < -0.4 is 5.63 Å². The van der Waals surface area contributed by atoms with Crippen molar-refractivity contribution in [2.75, 3.05) is 7.11 Å². The van der Waals surface area contributed by atoms with Gasteiger partial charge in [-0.25, -0.2) is 9.95 Å². The fourth-order valence-corrected chi connectivity index (χ4v) is 0.834. The van der Waals surface area contributed by atoms with Crippen molar-refractivity contribution >= 4 is 15.9 Å². The fourth-order valence-electron chi connectivity index (χ4n) is 0.558. The van der Waals surface area contributed by atoms with Gasteiger partial charge in [-0.15, -0.1) is 0 Å². The highest BCUT2D eigenvalue weighted by Gasteiger charge is 2.06. The Hall–Kier alpha value is -0.550. The van der Waals surface area contributed by atoms with Crippen molar-refractivity contribution < 1.29 is 9.26 Å². The van der Waals surface area contributed by atoms with Crippen LogP contribution in [0.2, 0.25) is 0 Å². The second kappa shape index (κ2) is 3.03. The van der Waals surface area contributed by atoms with Crippen molar-refractivity contribution in [3.63, 3.8) is 0 Å². The molecule has 0 aliphatic heterocycles. The third kappa shape index (κ3) is 1.30. The number of rotatable bonds is 2. The number of H-pyrrole nitrogens is 1. The second-order valence-electron chi connectivity index (χ2n) is 1.72. The molecule has 0 atom stereocenters. The van der Waals surface area contributed by atoms with Crippen molar-refractivity contribution in [2.45, 2.75) is 6.61 Å². The van der Waals surface area contributed by atoms with Gasteiger partial charge in [-0.1, -0.05) is 0 Å². The third-order valence-electron chi connectivity index (χ3n) is 1.000. The molecule has 1 aromatic rings. The van der Waals surface area contributed by atoms with Crippen LogP contribution in [0.5, 0.6) is 0 Å². The molecule has 0 amide bonds. The summed E-state index contributed by atoms with van der Waals surface area (Å²) in [5.74, 6) is 0. The van der Waals surface area contributed by atoms with Crippen molar-refractivity contribution in [1.82, 2.24) is 5.16 Å². The Morgan fingerprint density at radius 3 is 2.90 bits per heavy atom. The molecule has 0 spiro atoms. The first kappa shape index (κ1) is 7.56. The van der Waals surface area contributed by atoms with E-state index in [2.05, 4.69) is 25.6 Å². The second-order valence-corrected chi connectivity index (χ2v) is 2.51. The Balaban J connectivity index is 2.94. The highest BCUT2D eigenvalue weighted by atomic mass is 79.9. The SMILES string of the molecule is COCc1[nH]oc(=O)c1Br. The molecule has 56 valence electrons. The van der Waals surface area contributed by atoms with E-state index in [-0.39, 0.29) is 0 Å². The van der Waals surface area contributed by atoms with Crippen LogP contribution in [0.25, 0.3) is 0 Å². The van der Waals surface area contributed by atoms with Gasteiger partial charge in [0.25, 0.3) is 0 Å². The lowest BCUT2D eigenvalue weighted by Gasteiger charge is -1.90. The van der Waals surface area contributed by atoms with Crippen LogP contribution in [-0.2, 0) is 11.3 Å². The van der Waals surface area contributed by atoms with Gasteiger partial charge in [0, 0.05) is 7.11 Å². The summed E-state index contributed by atoms with van der Waals surface area (Å²) in [4.78, 5) is 10.6. The van der Waals surface area contributed by atoms with Crippen LogP contribution in [0.1, 0.15) is 5.69 Å². The summed E-state index contributed by atoms with van der Waals surface area (Å²) in [6.07, 6.45) is 0. The molecule has 0 radical (unpaired) electrons. The minimum absolute atomic E-state index is 0.340. The highest BCUT2D eigenvalue weighted by molar-refractivity contribution is 9.10. The average molecular weight is 208 g/mol. The number of aromatic amines is 1. The Labute approximate surface area is 65.3 Å². The van der Waals surface area contributed by atoms with E-state index >= 15 is 0 Å². The maximum absolute atomic E-state index is 10.6. The lowest BCUT2D eigenvalue weighted by molar-refractivity contribution is 0.176. The molecule has 0 aliphatic rings. The quantitative estimate of drug-likeness (QED) is 0.784. The minimum Gasteiger partial charge on any atom is -0.378 e. The monoisotopic (exact) mass is 207 g/mol. The molecule has 0 saturated carbocycles. The molecule has 0 aliphatic carbocycles. The molecular formula is C5H6BrNO3. The van der Waals surface area contributed by atoms with E-state index in [0.717, 1.165) is 0 Å². The summed E-state index contributed by atoms with van der Waals surface area (Å²) in [6, 6.07) is 0. The number of nitrogens with one attached hydrogen (secondary N) is 1. The summed E-state index contributed by atoms with van der Waals surface area (Å²) >= 11 is 3.03. The topological polar surface area (TPSA) is 55.2 Å². The number of methoxy groups -OCH3 is 1. The van der Waals surface area contributed by atoms with Gasteiger partial charge in [0.1, 0.15) is 4.47 Å². The summed E-state index contributed by atoms with van der Waals surface area (Å²) in [7, 11) is 1.54. The zero-order valence-electron chi connectivity index (χ0n) is 5.31. The Morgan fingerprint density at radius 2 is 2.50 bits per heavy atom. The van der Waals surface area contributed by atoms with E-state index in [1.165, 1.54) is 7.11 Å². The Kier molecular flexibility index (Phi) is 2.29. The van der Waals surface area contributed by atoms with Crippen molar-refractivity contribution in [1.29, 1.82) is 0 Å². The van der Waals surface area contributed by atoms with Crippen LogP contribution in [0.4, 0.5) is 0 Å². The lowest BCUT2D eigenvalue weighted by atomic mass is 10.5. The van der Waals surface area contributed by atoms with Crippen molar-refractivity contribution in [2.24, 2.45) is 0 Å². The van der Waals surface area contributed by atoms with Gasteiger partial charge in [0.05, 0.1) is 12.3 Å². The maximum Gasteiger partial charge on any atom is 0.371 e. The van der Waals surface area contributed by atoms with Crippen LogP contribution in [0.15, 0.2) is 13.8 Å². The zero-order chi connectivity index (χ0) is 7.56. The number of aromatic nitrogens is 1. The first-order valence-corrected chi connectivity index (χ1v) is 3.39. The van der Waals surface area contributed by atoms with Gasteiger partial charge >= 0.3 is 5.63 Å². The number of halogens is 1. The molecule has 0 bridgehead atoms. The Bertz CT molecular complexity index is 264.